The minimum absolute atomic E-state index is 0.000720. The number of hydrogen-bond acceptors (Lipinski definition) is 5. The van der Waals surface area contributed by atoms with Crippen molar-refractivity contribution in [2.45, 2.75) is 49.7 Å². The van der Waals surface area contributed by atoms with E-state index in [2.05, 4.69) is 15.3 Å². The second kappa shape index (κ2) is 6.93. The second-order valence-electron chi connectivity index (χ2n) is 7.86. The molecule has 3 heterocycles. The number of aromatic nitrogens is 2. The summed E-state index contributed by atoms with van der Waals surface area (Å²) < 4.78 is 40.2. The van der Waals surface area contributed by atoms with Gasteiger partial charge in [0.1, 0.15) is 11.0 Å². The minimum Gasteiger partial charge on any atom is -0.368 e. The Morgan fingerprint density at radius 2 is 2.00 bits per heavy atom. The van der Waals surface area contributed by atoms with E-state index >= 15 is 0 Å². The molecule has 3 amide bonds. The molecule has 1 saturated carbocycles. The molecule has 4 rings (SSSR count). The minimum atomic E-state index is -4.34. The van der Waals surface area contributed by atoms with Gasteiger partial charge in [-0.2, -0.15) is 13.2 Å². The number of likely N-dealkylation sites (tertiary alicyclic amines) is 1. The van der Waals surface area contributed by atoms with Gasteiger partial charge in [0.15, 0.2) is 5.13 Å². The van der Waals surface area contributed by atoms with E-state index in [-0.39, 0.29) is 23.7 Å². The van der Waals surface area contributed by atoms with E-state index in [9.17, 15) is 22.8 Å². The van der Waals surface area contributed by atoms with Crippen LogP contribution in [0, 0.1) is 0 Å². The normalized spacial score (nSPS) is 22.7. The molecule has 0 radical (unpaired) electrons. The van der Waals surface area contributed by atoms with Gasteiger partial charge in [-0.1, -0.05) is 11.3 Å². The summed E-state index contributed by atoms with van der Waals surface area (Å²) in [6.45, 7) is 2.03. The quantitative estimate of drug-likeness (QED) is 0.759. The van der Waals surface area contributed by atoms with Crippen molar-refractivity contribution in [3.05, 3.63) is 30.2 Å². The van der Waals surface area contributed by atoms with Crippen LogP contribution >= 0.6 is 11.3 Å². The number of nitrogens with one attached hydrogen (secondary N) is 1. The van der Waals surface area contributed by atoms with Crippen LogP contribution in [0.25, 0.3) is 10.4 Å². The van der Waals surface area contributed by atoms with Crippen LogP contribution in [0.5, 0.6) is 0 Å². The Labute approximate surface area is 174 Å². The highest BCUT2D eigenvalue weighted by Crippen LogP contribution is 2.58. The topological polar surface area (TPSA) is 101 Å². The average Bonchev–Trinajstić information content (AvgIpc) is 3.23. The zero-order valence-electron chi connectivity index (χ0n) is 16.1. The van der Waals surface area contributed by atoms with Crippen LogP contribution in [0.15, 0.2) is 24.5 Å². The first-order valence-electron chi connectivity index (χ1n) is 9.45. The van der Waals surface area contributed by atoms with Gasteiger partial charge < -0.3 is 10.6 Å². The highest BCUT2D eigenvalue weighted by atomic mass is 32.1. The van der Waals surface area contributed by atoms with Gasteiger partial charge in [-0.05, 0) is 50.3 Å². The van der Waals surface area contributed by atoms with Crippen molar-refractivity contribution >= 4 is 28.4 Å². The van der Waals surface area contributed by atoms with Crippen molar-refractivity contribution in [2.24, 2.45) is 5.73 Å². The molecule has 0 aromatic carbocycles. The zero-order valence-corrected chi connectivity index (χ0v) is 16.9. The van der Waals surface area contributed by atoms with Crippen molar-refractivity contribution in [1.82, 2.24) is 14.9 Å². The lowest BCUT2D eigenvalue weighted by Crippen LogP contribution is -2.55. The van der Waals surface area contributed by atoms with E-state index in [1.54, 1.807) is 13.0 Å². The molecular formula is C19H20F3N5O2S. The van der Waals surface area contributed by atoms with Crippen molar-refractivity contribution in [2.75, 3.05) is 11.9 Å². The highest BCUT2D eigenvalue weighted by molar-refractivity contribution is 7.19. The summed E-state index contributed by atoms with van der Waals surface area (Å²) in [5, 5.41) is 2.94. The first-order chi connectivity index (χ1) is 14.1. The number of thiazole rings is 1. The second-order valence-corrected chi connectivity index (χ2v) is 8.89. The fraction of sp³-hybridized carbons (Fsp3) is 0.474. The average molecular weight is 439 g/mol. The molecule has 1 aliphatic heterocycles. The Bertz CT molecular complexity index is 1000. The molecule has 2 aromatic rings. The lowest BCUT2D eigenvalue weighted by atomic mass is 9.98. The molecule has 0 bridgehead atoms. The van der Waals surface area contributed by atoms with Gasteiger partial charge in [0, 0.05) is 18.9 Å². The predicted octanol–water partition coefficient (Wildman–Crippen LogP) is 3.67. The summed E-state index contributed by atoms with van der Waals surface area (Å²) in [4.78, 5) is 34.5. The summed E-state index contributed by atoms with van der Waals surface area (Å²) in [7, 11) is 0. The largest absolute Gasteiger partial charge is 0.399 e. The van der Waals surface area contributed by atoms with Crippen molar-refractivity contribution < 1.29 is 22.8 Å². The summed E-state index contributed by atoms with van der Waals surface area (Å²) in [6.07, 6.45) is -0.276. The molecule has 1 saturated heterocycles. The molecular weight excluding hydrogens is 419 g/mol. The molecule has 2 fully saturated rings. The molecule has 11 heteroatoms. The molecule has 2 aliphatic rings. The SMILES string of the molecule is C[C@@]1(C(N)=O)CCCN1C(=O)Nc1ncc(-c2ccnc(C3(C(F)(F)F)CC3)c2)s1. The fourth-order valence-electron chi connectivity index (χ4n) is 3.82. The van der Waals surface area contributed by atoms with Gasteiger partial charge in [0.05, 0.1) is 10.6 Å². The Balaban J connectivity index is 1.52. The number of anilines is 1. The number of carbonyl (C=O) groups excluding carboxylic acids is 2. The third kappa shape index (κ3) is 3.30. The van der Waals surface area contributed by atoms with Crippen LogP contribution in [0.2, 0.25) is 0 Å². The van der Waals surface area contributed by atoms with Gasteiger partial charge in [0.25, 0.3) is 0 Å². The maximum Gasteiger partial charge on any atom is 0.399 e. The lowest BCUT2D eigenvalue weighted by Gasteiger charge is -2.31. The van der Waals surface area contributed by atoms with Crippen LogP contribution in [0.4, 0.5) is 23.1 Å². The first kappa shape index (κ1) is 20.6. The lowest BCUT2D eigenvalue weighted by molar-refractivity contribution is -0.161. The number of alkyl halides is 3. The van der Waals surface area contributed by atoms with Gasteiger partial charge in [-0.15, -0.1) is 0 Å². The van der Waals surface area contributed by atoms with Crippen molar-refractivity contribution in [3.8, 4) is 10.4 Å². The third-order valence-corrected chi connectivity index (χ3v) is 6.93. The third-order valence-electron chi connectivity index (χ3n) is 5.96. The number of pyridine rings is 1. The Hall–Kier alpha value is -2.69. The maximum atomic E-state index is 13.4. The number of primary amides is 1. The summed E-state index contributed by atoms with van der Waals surface area (Å²) in [6, 6.07) is 2.56. The molecule has 0 unspecified atom stereocenters. The number of halogens is 3. The fourth-order valence-corrected chi connectivity index (χ4v) is 4.63. The van der Waals surface area contributed by atoms with E-state index < -0.39 is 29.1 Å². The van der Waals surface area contributed by atoms with Crippen molar-refractivity contribution in [3.63, 3.8) is 0 Å². The Morgan fingerprint density at radius 3 is 2.63 bits per heavy atom. The molecule has 0 spiro atoms. The monoisotopic (exact) mass is 439 g/mol. The number of rotatable bonds is 4. The molecule has 160 valence electrons. The van der Waals surface area contributed by atoms with E-state index in [1.807, 2.05) is 0 Å². The molecule has 30 heavy (non-hydrogen) atoms. The number of hydrogen-bond donors (Lipinski definition) is 2. The van der Waals surface area contributed by atoms with Crippen LogP contribution in [-0.2, 0) is 10.2 Å². The zero-order chi connectivity index (χ0) is 21.7. The predicted molar refractivity (Wildman–Crippen MR) is 105 cm³/mol. The summed E-state index contributed by atoms with van der Waals surface area (Å²) in [5.41, 5.74) is 3.10. The standard InChI is InChI=1S/C19H20F3N5O2S/c1-17(14(23)28)4-2-8-27(17)16(29)26-15-25-10-12(30-15)11-3-7-24-13(9-11)18(5-6-18)19(20,21)22/h3,7,9-10H,2,4-6,8H2,1H3,(H2,23,28)(H,25,26,29)/t17-/m0/s1. The molecule has 1 aliphatic carbocycles. The molecule has 7 nitrogen and oxygen atoms in total. The number of amides is 3. The van der Waals surface area contributed by atoms with Crippen LogP contribution < -0.4 is 11.1 Å². The maximum absolute atomic E-state index is 13.4. The summed E-state index contributed by atoms with van der Waals surface area (Å²) in [5.74, 6) is -0.571. The van der Waals surface area contributed by atoms with E-state index in [0.29, 0.717) is 29.8 Å². The van der Waals surface area contributed by atoms with Crippen LogP contribution in [-0.4, -0.2) is 45.1 Å². The first-order valence-corrected chi connectivity index (χ1v) is 10.3. The highest BCUT2D eigenvalue weighted by Gasteiger charge is 2.65. The van der Waals surface area contributed by atoms with E-state index in [4.69, 9.17) is 5.73 Å². The van der Waals surface area contributed by atoms with Gasteiger partial charge in [0.2, 0.25) is 5.91 Å². The van der Waals surface area contributed by atoms with E-state index in [1.165, 1.54) is 23.4 Å². The molecule has 2 aromatic heterocycles. The Morgan fingerprint density at radius 1 is 1.27 bits per heavy atom. The van der Waals surface area contributed by atoms with Crippen LogP contribution in [0.1, 0.15) is 38.3 Å². The Kier molecular flexibility index (Phi) is 4.75. The van der Waals surface area contributed by atoms with E-state index in [0.717, 1.165) is 11.3 Å². The number of nitrogens with zero attached hydrogens (tertiary/aromatic N) is 3. The van der Waals surface area contributed by atoms with Crippen molar-refractivity contribution in [1.29, 1.82) is 0 Å². The smallest absolute Gasteiger partial charge is 0.368 e. The van der Waals surface area contributed by atoms with Crippen LogP contribution in [0.3, 0.4) is 0 Å². The molecule has 3 N–H and O–H groups in total. The number of carbonyl (C=O) groups is 2. The summed E-state index contributed by atoms with van der Waals surface area (Å²) >= 11 is 1.13. The molecule has 1 atom stereocenters. The number of nitrogens with two attached hydrogens (primary N) is 1. The van der Waals surface area contributed by atoms with Gasteiger partial charge in [-0.3, -0.25) is 15.1 Å². The van der Waals surface area contributed by atoms with Gasteiger partial charge >= 0.3 is 12.2 Å². The van der Waals surface area contributed by atoms with Gasteiger partial charge in [-0.25, -0.2) is 9.78 Å². The number of urea groups is 1.